The van der Waals surface area contributed by atoms with Crippen LogP contribution in [0.3, 0.4) is 0 Å². The molecule has 0 unspecified atom stereocenters. The summed E-state index contributed by atoms with van der Waals surface area (Å²) < 4.78 is 9.22. The number of aryl methyl sites for hydroxylation is 2. The van der Waals surface area contributed by atoms with Crippen molar-refractivity contribution in [1.29, 1.82) is 0 Å². The van der Waals surface area contributed by atoms with Gasteiger partial charge in [-0.25, -0.2) is 0 Å². The zero-order chi connectivity index (χ0) is 42.1. The third-order valence-corrected chi connectivity index (χ3v) is 11.0. The maximum Gasteiger partial charge on any atom is 0.305 e. The number of hydrogen-bond donors (Lipinski definition) is 5. The van der Waals surface area contributed by atoms with E-state index in [9.17, 15) is 39.9 Å². The van der Waals surface area contributed by atoms with E-state index >= 15 is 0 Å². The molecule has 2 aromatic carbocycles. The van der Waals surface area contributed by atoms with Crippen LogP contribution in [0.2, 0.25) is 0 Å². The predicted octanol–water partition coefficient (Wildman–Crippen LogP) is 7.21. The first kappa shape index (κ1) is 51.0. The number of esters is 2. The molecule has 9 atom stereocenters. The Morgan fingerprint density at radius 3 is 1.64 bits per heavy atom. The van der Waals surface area contributed by atoms with Gasteiger partial charge >= 0.3 is 11.9 Å². The molecule has 0 heterocycles. The summed E-state index contributed by atoms with van der Waals surface area (Å²) >= 11 is 0. The molecule has 0 aliphatic heterocycles. The van der Waals surface area contributed by atoms with E-state index in [0.717, 1.165) is 32.1 Å². The third-order valence-electron chi connectivity index (χ3n) is 11.0. The van der Waals surface area contributed by atoms with Gasteiger partial charge in [-0.1, -0.05) is 117 Å². The molecular formula is C49H70O10. The number of allylic oxidation sites excluding steroid dienone is 4. The molecule has 0 amide bonds. The van der Waals surface area contributed by atoms with Gasteiger partial charge in [0.05, 0.1) is 44.7 Å². The lowest BCUT2D eigenvalue weighted by atomic mass is 9.89. The van der Waals surface area contributed by atoms with Crippen LogP contribution in [0.4, 0.5) is 0 Å². The Hall–Kier alpha value is -4.19. The molecule has 0 radical (unpaired) electrons. The Morgan fingerprint density at radius 1 is 0.678 bits per heavy atom. The molecule has 2 aromatic rings. The Morgan fingerprint density at radius 2 is 1.15 bits per heavy atom. The van der Waals surface area contributed by atoms with Gasteiger partial charge in [-0.2, -0.15) is 0 Å². The number of Topliss-reactive ketones (excluding diaryl/α,β-unsaturated/α-hetero) is 1. The number of aliphatic hydroxyl groups excluding tert-OH is 5. The normalized spacial score (nSPS) is 24.0. The van der Waals surface area contributed by atoms with Crippen molar-refractivity contribution in [2.24, 2.45) is 23.7 Å². The van der Waals surface area contributed by atoms with E-state index in [0.29, 0.717) is 51.4 Å². The summed E-state index contributed by atoms with van der Waals surface area (Å²) in [6.07, 6.45) is 20.3. The topological polar surface area (TPSA) is 171 Å². The Kier molecular flexibility index (Phi) is 25.1. The third kappa shape index (κ3) is 19.6. The summed E-state index contributed by atoms with van der Waals surface area (Å²) in [5.74, 6) is -1.14. The molecule has 4 rings (SSSR count). The quantitative estimate of drug-likeness (QED) is 0.0465. The van der Waals surface area contributed by atoms with Gasteiger partial charge in [0.1, 0.15) is 5.78 Å². The number of methoxy groups -OCH3 is 2. The Bertz CT molecular complexity index is 1590. The predicted molar refractivity (Wildman–Crippen MR) is 232 cm³/mol. The molecule has 0 spiro atoms. The van der Waals surface area contributed by atoms with Crippen molar-refractivity contribution in [2.45, 2.75) is 128 Å². The van der Waals surface area contributed by atoms with Crippen molar-refractivity contribution in [3.63, 3.8) is 0 Å². The van der Waals surface area contributed by atoms with Crippen molar-refractivity contribution >= 4 is 17.7 Å². The van der Waals surface area contributed by atoms with Crippen molar-refractivity contribution in [3.05, 3.63) is 120 Å². The van der Waals surface area contributed by atoms with Crippen LogP contribution in [-0.4, -0.2) is 88.0 Å². The van der Waals surface area contributed by atoms with Crippen molar-refractivity contribution in [2.75, 3.05) is 14.2 Å². The maximum absolute atomic E-state index is 12.2. The van der Waals surface area contributed by atoms with Crippen LogP contribution in [0, 0.1) is 23.7 Å². The standard InChI is InChI=1S/C24H34O5.C24H32O5.CH4/c2*1-29-24(28)12-8-3-2-7-11-20-21(23(27)17-22(20)26)16-15-19(25)14-13-18-9-5-4-6-10-18;/h2,4-7,9-10,15-16,19-23,25-27H,3,8,11-14,17H2,1H3;2,4-7,9-10,15-16,19-21,23,25,27H,3,8,11-14,17H2,1H3;1H4/b2*7-2-,16-15+;/t19-,20+,21+,22-,23+;19-,20+,21+,23+;/m00./s1. The number of carbonyl (C=O) groups excluding carboxylic acids is 3. The van der Waals surface area contributed by atoms with Crippen LogP contribution in [0.25, 0.3) is 0 Å². The summed E-state index contributed by atoms with van der Waals surface area (Å²) in [7, 11) is 2.76. The first-order valence-electron chi connectivity index (χ1n) is 20.8. The van der Waals surface area contributed by atoms with Crippen LogP contribution in [0.5, 0.6) is 0 Å². The number of unbranched alkanes of at least 4 members (excludes halogenated alkanes) is 2. The van der Waals surface area contributed by atoms with Crippen molar-refractivity contribution < 1.29 is 49.4 Å². The van der Waals surface area contributed by atoms with E-state index in [1.807, 2.05) is 91.0 Å². The first-order valence-corrected chi connectivity index (χ1v) is 20.8. The molecule has 0 saturated heterocycles. The van der Waals surface area contributed by atoms with E-state index in [4.69, 9.17) is 0 Å². The highest BCUT2D eigenvalue weighted by Crippen LogP contribution is 2.37. The van der Waals surface area contributed by atoms with Crippen LogP contribution >= 0.6 is 0 Å². The largest absolute Gasteiger partial charge is 0.469 e. The SMILES string of the molecule is C.COC(=O)CCC/C=C\C[C@@H]1[C@@H](/C=C/[C@@H](O)CCc2ccccc2)[C@H](O)C[C@@H]1O.COC(=O)CCC/C=C\C[C@H]1C(=O)C[C@@H](O)[C@@H]1/C=C/[C@@H](O)CCc1ccccc1. The van der Waals surface area contributed by atoms with Gasteiger partial charge in [0.25, 0.3) is 0 Å². The maximum atomic E-state index is 12.2. The van der Waals surface area contributed by atoms with Gasteiger partial charge < -0.3 is 35.0 Å². The molecule has 10 heteroatoms. The lowest BCUT2D eigenvalue weighted by Gasteiger charge is -2.19. The minimum atomic E-state index is -0.696. The fourth-order valence-electron chi connectivity index (χ4n) is 7.52. The molecule has 2 aliphatic carbocycles. The van der Waals surface area contributed by atoms with Gasteiger partial charge in [0, 0.05) is 43.4 Å². The minimum Gasteiger partial charge on any atom is -0.469 e. The van der Waals surface area contributed by atoms with Crippen LogP contribution < -0.4 is 0 Å². The smallest absolute Gasteiger partial charge is 0.305 e. The zero-order valence-electron chi connectivity index (χ0n) is 34.3. The number of benzene rings is 2. The summed E-state index contributed by atoms with van der Waals surface area (Å²) in [5.41, 5.74) is 2.36. The monoisotopic (exact) mass is 818 g/mol. The fraction of sp³-hybridized carbons (Fsp3) is 0.531. The summed E-state index contributed by atoms with van der Waals surface area (Å²) in [6, 6.07) is 20.0. The van der Waals surface area contributed by atoms with Gasteiger partial charge in [0.2, 0.25) is 0 Å². The number of ether oxygens (including phenoxy) is 2. The Labute approximate surface area is 352 Å². The van der Waals surface area contributed by atoms with Gasteiger partial charge in [-0.3, -0.25) is 14.4 Å². The molecule has 0 bridgehead atoms. The van der Waals surface area contributed by atoms with Gasteiger partial charge in [0.15, 0.2) is 0 Å². The number of aliphatic hydroxyl groups is 5. The van der Waals surface area contributed by atoms with Crippen molar-refractivity contribution in [3.8, 4) is 0 Å². The summed E-state index contributed by atoms with van der Waals surface area (Å²) in [4.78, 5) is 34.4. The fourth-order valence-corrected chi connectivity index (χ4v) is 7.52. The number of ketones is 1. The van der Waals surface area contributed by atoms with E-state index in [1.165, 1.54) is 25.3 Å². The zero-order valence-corrected chi connectivity index (χ0v) is 34.3. The van der Waals surface area contributed by atoms with Gasteiger partial charge in [-0.05, 0) is 81.3 Å². The minimum absolute atomic E-state index is 0. The second-order valence-corrected chi connectivity index (χ2v) is 15.3. The highest BCUT2D eigenvalue weighted by molar-refractivity contribution is 5.84. The summed E-state index contributed by atoms with van der Waals surface area (Å²) in [5, 5.41) is 51.4. The molecule has 59 heavy (non-hydrogen) atoms. The number of carbonyl (C=O) groups is 3. The van der Waals surface area contributed by atoms with Crippen molar-refractivity contribution in [1.82, 2.24) is 0 Å². The van der Waals surface area contributed by atoms with E-state index in [1.54, 1.807) is 18.2 Å². The van der Waals surface area contributed by atoms with Crippen LogP contribution in [0.15, 0.2) is 109 Å². The lowest BCUT2D eigenvalue weighted by Crippen LogP contribution is -2.20. The Balaban J connectivity index is 0.000000400. The summed E-state index contributed by atoms with van der Waals surface area (Å²) in [6.45, 7) is 0. The van der Waals surface area contributed by atoms with Crippen LogP contribution in [-0.2, 0) is 36.7 Å². The highest BCUT2D eigenvalue weighted by Gasteiger charge is 2.40. The van der Waals surface area contributed by atoms with E-state index in [2.05, 4.69) is 9.47 Å². The second kappa shape index (κ2) is 29.1. The van der Waals surface area contributed by atoms with E-state index in [-0.39, 0.29) is 55.2 Å². The van der Waals surface area contributed by atoms with Gasteiger partial charge in [-0.15, -0.1) is 0 Å². The molecule has 326 valence electrons. The molecule has 0 aromatic heterocycles. The second-order valence-electron chi connectivity index (χ2n) is 15.3. The number of hydrogen-bond acceptors (Lipinski definition) is 10. The molecular weight excluding hydrogens is 749 g/mol. The molecule has 5 N–H and O–H groups in total. The lowest BCUT2D eigenvalue weighted by molar-refractivity contribution is -0.141. The van der Waals surface area contributed by atoms with Crippen LogP contribution in [0.1, 0.15) is 95.6 Å². The molecule has 2 saturated carbocycles. The average Bonchev–Trinajstić information content (AvgIpc) is 3.66. The highest BCUT2D eigenvalue weighted by atomic mass is 16.5. The number of rotatable bonds is 22. The molecule has 10 nitrogen and oxygen atoms in total. The molecule has 2 fully saturated rings. The van der Waals surface area contributed by atoms with E-state index < -0.39 is 30.5 Å². The first-order chi connectivity index (χ1) is 28.0. The molecule has 2 aliphatic rings. The average molecular weight is 819 g/mol.